The average molecular weight is 403 g/mol. The maximum atomic E-state index is 12.1. The van der Waals surface area contributed by atoms with E-state index < -0.39 is 0 Å². The zero-order valence-corrected chi connectivity index (χ0v) is 15.7. The smallest absolute Gasteiger partial charge is 0.275 e. The maximum absolute atomic E-state index is 12.1. The maximum Gasteiger partial charge on any atom is 0.275 e. The molecular weight excluding hydrogens is 384 g/mol. The molecular formula is C16H19BrClN2OS+. The molecule has 0 aliphatic rings. The van der Waals surface area contributed by atoms with Gasteiger partial charge >= 0.3 is 0 Å². The topological polar surface area (TPSA) is 33.5 Å². The van der Waals surface area contributed by atoms with Gasteiger partial charge in [-0.1, -0.05) is 39.7 Å². The van der Waals surface area contributed by atoms with Crippen LogP contribution in [0.4, 0.5) is 0 Å². The molecule has 22 heavy (non-hydrogen) atoms. The fourth-order valence-electron chi connectivity index (χ4n) is 2.21. The van der Waals surface area contributed by atoms with E-state index >= 15 is 0 Å². The van der Waals surface area contributed by atoms with Crippen LogP contribution in [0.15, 0.2) is 40.9 Å². The van der Waals surface area contributed by atoms with Gasteiger partial charge in [0.25, 0.3) is 5.91 Å². The summed E-state index contributed by atoms with van der Waals surface area (Å²) < 4.78 is 1.82. The van der Waals surface area contributed by atoms with Gasteiger partial charge in [0, 0.05) is 4.47 Å². The van der Waals surface area contributed by atoms with Crippen molar-refractivity contribution in [2.45, 2.75) is 19.5 Å². The van der Waals surface area contributed by atoms with E-state index in [1.807, 2.05) is 50.4 Å². The second-order valence-corrected chi connectivity index (χ2v) is 8.07. The van der Waals surface area contributed by atoms with Gasteiger partial charge in [0.15, 0.2) is 6.54 Å². The van der Waals surface area contributed by atoms with E-state index in [2.05, 4.69) is 21.2 Å². The Bertz CT molecular complexity index is 629. The number of carbonyl (C=O) groups excluding carboxylic acids is 1. The molecule has 0 saturated carbocycles. The fourth-order valence-corrected chi connectivity index (χ4v) is 3.67. The van der Waals surface area contributed by atoms with Crippen molar-refractivity contribution in [2.75, 3.05) is 13.6 Å². The Balaban J connectivity index is 1.82. The van der Waals surface area contributed by atoms with Crippen LogP contribution in [0.25, 0.3) is 0 Å². The molecule has 0 aliphatic carbocycles. The Hall–Kier alpha value is -0.880. The molecule has 6 heteroatoms. The molecule has 2 aromatic rings. The summed E-state index contributed by atoms with van der Waals surface area (Å²) in [5.74, 6) is 0.0515. The number of benzene rings is 1. The summed E-state index contributed by atoms with van der Waals surface area (Å²) in [6, 6.07) is 11.9. The van der Waals surface area contributed by atoms with Crippen LogP contribution >= 0.6 is 38.9 Å². The first kappa shape index (κ1) is 17.5. The number of likely N-dealkylation sites (N-methyl/N-ethyl adjacent to an activating group) is 1. The Morgan fingerprint density at radius 1 is 1.32 bits per heavy atom. The lowest BCUT2D eigenvalue weighted by molar-refractivity contribution is -0.885. The summed E-state index contributed by atoms with van der Waals surface area (Å²) in [5.41, 5.74) is 1.10. The summed E-state index contributed by atoms with van der Waals surface area (Å²) in [6.45, 7) is 3.24. The normalized spacial score (nSPS) is 13.6. The molecule has 0 aliphatic heterocycles. The van der Waals surface area contributed by atoms with Crippen molar-refractivity contribution < 1.29 is 9.69 Å². The number of hydrogen-bond donors (Lipinski definition) is 2. The molecule has 0 saturated heterocycles. The molecule has 2 atom stereocenters. The Labute approximate surface area is 148 Å². The Morgan fingerprint density at radius 3 is 2.59 bits per heavy atom. The number of nitrogens with one attached hydrogen (secondary N) is 2. The van der Waals surface area contributed by atoms with E-state index in [-0.39, 0.29) is 11.9 Å². The second kappa shape index (κ2) is 8.11. The predicted molar refractivity (Wildman–Crippen MR) is 95.5 cm³/mol. The number of thiophene rings is 1. The lowest BCUT2D eigenvalue weighted by atomic mass is 10.1. The van der Waals surface area contributed by atoms with Crippen LogP contribution in [0.5, 0.6) is 0 Å². The van der Waals surface area contributed by atoms with Gasteiger partial charge in [0.1, 0.15) is 6.54 Å². The molecule has 1 aromatic carbocycles. The Morgan fingerprint density at radius 2 is 2.00 bits per heavy atom. The van der Waals surface area contributed by atoms with E-state index in [0.717, 1.165) is 25.8 Å². The SMILES string of the molecule is C[C@@H](NC(=O)C[NH+](C)Cc1ccc(Cl)s1)c1ccc(Br)cc1. The molecule has 0 bridgehead atoms. The zero-order chi connectivity index (χ0) is 16.1. The van der Waals surface area contributed by atoms with Crippen LogP contribution in [-0.4, -0.2) is 19.5 Å². The lowest BCUT2D eigenvalue weighted by Crippen LogP contribution is -3.08. The number of carbonyl (C=O) groups is 1. The summed E-state index contributed by atoms with van der Waals surface area (Å²) in [5, 5.41) is 3.04. The summed E-state index contributed by atoms with van der Waals surface area (Å²) in [6.07, 6.45) is 0. The average Bonchev–Trinajstić information content (AvgIpc) is 2.84. The minimum atomic E-state index is 0.00424. The third-order valence-corrected chi connectivity index (χ3v) is 5.07. The predicted octanol–water partition coefficient (Wildman–Crippen LogP) is 3.06. The lowest BCUT2D eigenvalue weighted by Gasteiger charge is -2.17. The Kier molecular flexibility index (Phi) is 6.44. The van der Waals surface area contributed by atoms with Crippen molar-refractivity contribution in [1.82, 2.24) is 5.32 Å². The van der Waals surface area contributed by atoms with Gasteiger partial charge in [-0.05, 0) is 36.8 Å². The van der Waals surface area contributed by atoms with Crippen molar-refractivity contribution >= 4 is 44.8 Å². The van der Waals surface area contributed by atoms with Gasteiger partial charge in [0.05, 0.1) is 22.3 Å². The van der Waals surface area contributed by atoms with Crippen molar-refractivity contribution in [3.63, 3.8) is 0 Å². The van der Waals surface area contributed by atoms with E-state index in [0.29, 0.717) is 6.54 Å². The van der Waals surface area contributed by atoms with Gasteiger partial charge in [-0.3, -0.25) is 4.79 Å². The highest BCUT2D eigenvalue weighted by Crippen LogP contribution is 2.20. The second-order valence-electron chi connectivity index (χ2n) is 5.36. The molecule has 3 nitrogen and oxygen atoms in total. The summed E-state index contributed by atoms with van der Waals surface area (Å²) >= 11 is 10.9. The standard InChI is InChI=1S/C16H18BrClN2OS/c1-11(12-3-5-13(17)6-4-12)19-16(21)10-20(2)9-14-7-8-15(18)22-14/h3-8,11H,9-10H2,1-2H3,(H,19,21)/p+1/t11-/m1/s1. The zero-order valence-electron chi connectivity index (χ0n) is 12.5. The van der Waals surface area contributed by atoms with Gasteiger partial charge < -0.3 is 10.2 Å². The van der Waals surface area contributed by atoms with E-state index in [1.54, 1.807) is 11.3 Å². The van der Waals surface area contributed by atoms with Gasteiger partial charge in [-0.25, -0.2) is 0 Å². The van der Waals surface area contributed by atoms with Crippen molar-refractivity contribution in [1.29, 1.82) is 0 Å². The fraction of sp³-hybridized carbons (Fsp3) is 0.312. The highest BCUT2D eigenvalue weighted by molar-refractivity contribution is 9.10. The molecule has 0 radical (unpaired) electrons. The minimum Gasteiger partial charge on any atom is -0.345 e. The molecule has 0 spiro atoms. The van der Waals surface area contributed by atoms with Crippen LogP contribution in [0.3, 0.4) is 0 Å². The highest BCUT2D eigenvalue weighted by Gasteiger charge is 2.14. The van der Waals surface area contributed by atoms with Crippen molar-refractivity contribution in [3.05, 3.63) is 55.6 Å². The number of rotatable bonds is 6. The third-order valence-electron chi connectivity index (χ3n) is 3.31. The molecule has 0 fully saturated rings. The highest BCUT2D eigenvalue weighted by atomic mass is 79.9. The summed E-state index contributed by atoms with van der Waals surface area (Å²) in [7, 11) is 2.01. The molecule has 118 valence electrons. The number of amides is 1. The first-order valence-electron chi connectivity index (χ1n) is 7.04. The monoisotopic (exact) mass is 401 g/mol. The van der Waals surface area contributed by atoms with Gasteiger partial charge in [0.2, 0.25) is 0 Å². The molecule has 2 N–H and O–H groups in total. The molecule has 1 unspecified atom stereocenters. The quantitative estimate of drug-likeness (QED) is 0.765. The van der Waals surface area contributed by atoms with E-state index in [1.165, 1.54) is 4.88 Å². The first-order valence-corrected chi connectivity index (χ1v) is 9.03. The third kappa shape index (κ3) is 5.39. The van der Waals surface area contributed by atoms with Gasteiger partial charge in [-0.15, -0.1) is 11.3 Å². The molecule has 1 aromatic heterocycles. The van der Waals surface area contributed by atoms with Crippen molar-refractivity contribution in [3.8, 4) is 0 Å². The number of halogens is 2. The molecule has 1 heterocycles. The van der Waals surface area contributed by atoms with Crippen LogP contribution in [0, 0.1) is 0 Å². The summed E-state index contributed by atoms with van der Waals surface area (Å²) in [4.78, 5) is 14.5. The van der Waals surface area contributed by atoms with Crippen molar-refractivity contribution in [2.24, 2.45) is 0 Å². The van der Waals surface area contributed by atoms with Crippen LogP contribution < -0.4 is 10.2 Å². The van der Waals surface area contributed by atoms with Crippen LogP contribution in [-0.2, 0) is 11.3 Å². The van der Waals surface area contributed by atoms with Crippen LogP contribution in [0.1, 0.15) is 23.4 Å². The van der Waals surface area contributed by atoms with Gasteiger partial charge in [-0.2, -0.15) is 0 Å². The number of quaternary nitrogens is 1. The van der Waals surface area contributed by atoms with Crippen LogP contribution in [0.2, 0.25) is 4.34 Å². The molecule has 1 amide bonds. The largest absolute Gasteiger partial charge is 0.345 e. The minimum absolute atomic E-state index is 0.00424. The first-order chi connectivity index (χ1) is 10.4. The van der Waals surface area contributed by atoms with E-state index in [4.69, 9.17) is 11.6 Å². The number of hydrogen-bond acceptors (Lipinski definition) is 2. The van der Waals surface area contributed by atoms with E-state index in [9.17, 15) is 4.79 Å². The molecule has 2 rings (SSSR count).